The molecule has 0 amide bonds. The van der Waals surface area contributed by atoms with Crippen molar-refractivity contribution in [2.75, 3.05) is 19.7 Å². The molecule has 1 saturated heterocycles. The first-order chi connectivity index (χ1) is 7.30. The number of rotatable bonds is 3. The number of hydrogen-bond donors (Lipinski definition) is 2. The number of benzene rings is 1. The molecule has 0 radical (unpaired) electrons. The zero-order valence-corrected chi connectivity index (χ0v) is 8.56. The summed E-state index contributed by atoms with van der Waals surface area (Å²) in [6, 6.07) is 9.73. The van der Waals surface area contributed by atoms with Crippen LogP contribution in [0.5, 0.6) is 0 Å². The highest BCUT2D eigenvalue weighted by Gasteiger charge is 2.41. The maximum Gasteiger partial charge on any atom is 0.208 e. The standard InChI is InChI=1S/C11H16N2O2/c12-6-10-7-14-11(8-13,15-10)9-4-2-1-3-5-9/h1-5,10H,6-8,12-13H2/t10-,11?/m1/s1. The second-order valence-corrected chi connectivity index (χ2v) is 3.61. The van der Waals surface area contributed by atoms with Gasteiger partial charge in [0.15, 0.2) is 0 Å². The van der Waals surface area contributed by atoms with Crippen molar-refractivity contribution in [1.29, 1.82) is 0 Å². The maximum absolute atomic E-state index is 5.76. The molecule has 1 unspecified atom stereocenters. The van der Waals surface area contributed by atoms with E-state index in [9.17, 15) is 0 Å². The Morgan fingerprint density at radius 3 is 2.53 bits per heavy atom. The molecule has 0 saturated carbocycles. The van der Waals surface area contributed by atoms with Gasteiger partial charge in [-0.05, 0) is 0 Å². The Hall–Kier alpha value is -0.940. The predicted molar refractivity (Wildman–Crippen MR) is 57.1 cm³/mol. The van der Waals surface area contributed by atoms with E-state index in [1.807, 2.05) is 30.3 Å². The van der Waals surface area contributed by atoms with Crippen LogP contribution in [-0.2, 0) is 15.3 Å². The molecular formula is C11H16N2O2. The minimum Gasteiger partial charge on any atom is -0.342 e. The lowest BCUT2D eigenvalue weighted by atomic mass is 10.1. The van der Waals surface area contributed by atoms with Gasteiger partial charge in [0, 0.05) is 12.1 Å². The summed E-state index contributed by atoms with van der Waals surface area (Å²) in [6.07, 6.45) is -0.0613. The van der Waals surface area contributed by atoms with Crippen LogP contribution in [0.15, 0.2) is 30.3 Å². The number of ether oxygens (including phenoxy) is 2. The molecule has 4 N–H and O–H groups in total. The smallest absolute Gasteiger partial charge is 0.208 e. The molecule has 1 aliphatic rings. The molecule has 4 nitrogen and oxygen atoms in total. The van der Waals surface area contributed by atoms with E-state index >= 15 is 0 Å². The zero-order chi connectivity index (χ0) is 10.7. The molecule has 1 fully saturated rings. The quantitative estimate of drug-likeness (QED) is 0.743. The summed E-state index contributed by atoms with van der Waals surface area (Å²) < 4.78 is 11.4. The second kappa shape index (κ2) is 4.28. The SMILES string of the molecule is NC[C@@H]1COC(CN)(c2ccccc2)O1. The minimum absolute atomic E-state index is 0.0613. The Morgan fingerprint density at radius 1 is 1.27 bits per heavy atom. The van der Waals surface area contributed by atoms with Crippen LogP contribution < -0.4 is 11.5 Å². The van der Waals surface area contributed by atoms with E-state index in [2.05, 4.69) is 0 Å². The van der Waals surface area contributed by atoms with Crippen molar-refractivity contribution in [3.63, 3.8) is 0 Å². The third-order valence-corrected chi connectivity index (χ3v) is 2.60. The Bertz CT molecular complexity index is 318. The molecule has 1 heterocycles. The fourth-order valence-electron chi connectivity index (χ4n) is 1.75. The van der Waals surface area contributed by atoms with Gasteiger partial charge in [0.25, 0.3) is 0 Å². The van der Waals surface area contributed by atoms with Crippen LogP contribution in [0.25, 0.3) is 0 Å². The topological polar surface area (TPSA) is 70.5 Å². The first kappa shape index (κ1) is 10.6. The van der Waals surface area contributed by atoms with E-state index in [0.29, 0.717) is 19.7 Å². The summed E-state index contributed by atoms with van der Waals surface area (Å²) >= 11 is 0. The number of hydrogen-bond acceptors (Lipinski definition) is 4. The van der Waals surface area contributed by atoms with E-state index in [4.69, 9.17) is 20.9 Å². The highest BCUT2D eigenvalue weighted by atomic mass is 16.7. The van der Waals surface area contributed by atoms with Crippen molar-refractivity contribution < 1.29 is 9.47 Å². The third kappa shape index (κ3) is 1.89. The molecule has 4 heteroatoms. The van der Waals surface area contributed by atoms with E-state index in [-0.39, 0.29) is 6.10 Å². The van der Waals surface area contributed by atoms with Crippen molar-refractivity contribution in [3.8, 4) is 0 Å². The first-order valence-corrected chi connectivity index (χ1v) is 5.08. The maximum atomic E-state index is 5.76. The van der Waals surface area contributed by atoms with Crippen molar-refractivity contribution in [3.05, 3.63) is 35.9 Å². The fourth-order valence-corrected chi connectivity index (χ4v) is 1.75. The molecule has 1 aliphatic heterocycles. The highest BCUT2D eigenvalue weighted by Crippen LogP contribution is 2.32. The van der Waals surface area contributed by atoms with Crippen molar-refractivity contribution in [2.24, 2.45) is 11.5 Å². The molecule has 0 bridgehead atoms. The summed E-state index contributed by atoms with van der Waals surface area (Å²) in [7, 11) is 0. The van der Waals surface area contributed by atoms with Gasteiger partial charge >= 0.3 is 0 Å². The fraction of sp³-hybridized carbons (Fsp3) is 0.455. The predicted octanol–water partition coefficient (Wildman–Crippen LogP) is 0.172. The lowest BCUT2D eigenvalue weighted by molar-refractivity contribution is -0.167. The van der Waals surface area contributed by atoms with Crippen LogP contribution >= 0.6 is 0 Å². The molecule has 1 aromatic rings. The van der Waals surface area contributed by atoms with Gasteiger partial charge in [-0.3, -0.25) is 0 Å². The number of nitrogens with two attached hydrogens (primary N) is 2. The Labute approximate surface area is 89.2 Å². The van der Waals surface area contributed by atoms with Gasteiger partial charge in [-0.2, -0.15) is 0 Å². The molecule has 1 aromatic carbocycles. The molecule has 15 heavy (non-hydrogen) atoms. The largest absolute Gasteiger partial charge is 0.342 e. The molecule has 82 valence electrons. The van der Waals surface area contributed by atoms with Gasteiger partial charge in [-0.15, -0.1) is 0 Å². The van der Waals surface area contributed by atoms with Crippen LogP contribution in [0.2, 0.25) is 0 Å². The molecular weight excluding hydrogens is 192 g/mol. The zero-order valence-electron chi connectivity index (χ0n) is 8.56. The molecule has 0 aliphatic carbocycles. The van der Waals surface area contributed by atoms with Crippen LogP contribution in [0.1, 0.15) is 5.56 Å². The van der Waals surface area contributed by atoms with E-state index in [0.717, 1.165) is 5.56 Å². The van der Waals surface area contributed by atoms with Crippen molar-refractivity contribution >= 4 is 0 Å². The Morgan fingerprint density at radius 2 is 2.00 bits per heavy atom. The summed E-state index contributed by atoms with van der Waals surface area (Å²) in [4.78, 5) is 0. The van der Waals surface area contributed by atoms with Gasteiger partial charge < -0.3 is 20.9 Å². The average molecular weight is 208 g/mol. The normalized spacial score (nSPS) is 30.7. The lowest BCUT2D eigenvalue weighted by Gasteiger charge is -2.26. The van der Waals surface area contributed by atoms with Crippen LogP contribution in [-0.4, -0.2) is 25.8 Å². The van der Waals surface area contributed by atoms with Gasteiger partial charge in [0.1, 0.15) is 0 Å². The van der Waals surface area contributed by atoms with Crippen molar-refractivity contribution in [2.45, 2.75) is 11.9 Å². The van der Waals surface area contributed by atoms with Crippen LogP contribution in [0.3, 0.4) is 0 Å². The molecule has 0 spiro atoms. The summed E-state index contributed by atoms with van der Waals surface area (Å²) in [5, 5.41) is 0. The minimum atomic E-state index is -0.800. The van der Waals surface area contributed by atoms with Crippen LogP contribution in [0.4, 0.5) is 0 Å². The van der Waals surface area contributed by atoms with Crippen LogP contribution in [0, 0.1) is 0 Å². The Kier molecular flexibility index (Phi) is 3.02. The summed E-state index contributed by atoms with van der Waals surface area (Å²) in [5.74, 6) is -0.800. The van der Waals surface area contributed by atoms with E-state index in [1.54, 1.807) is 0 Å². The van der Waals surface area contributed by atoms with Crippen molar-refractivity contribution in [1.82, 2.24) is 0 Å². The van der Waals surface area contributed by atoms with E-state index in [1.165, 1.54) is 0 Å². The molecule has 0 aromatic heterocycles. The van der Waals surface area contributed by atoms with E-state index < -0.39 is 5.79 Å². The summed E-state index contributed by atoms with van der Waals surface area (Å²) in [5.41, 5.74) is 12.2. The molecule has 2 rings (SSSR count). The van der Waals surface area contributed by atoms with Gasteiger partial charge in [-0.25, -0.2) is 0 Å². The lowest BCUT2D eigenvalue weighted by Crippen LogP contribution is -2.37. The first-order valence-electron chi connectivity index (χ1n) is 5.08. The average Bonchev–Trinajstić information content (AvgIpc) is 2.75. The monoisotopic (exact) mass is 208 g/mol. The highest BCUT2D eigenvalue weighted by molar-refractivity contribution is 5.21. The van der Waals surface area contributed by atoms with Gasteiger partial charge in [0.05, 0.1) is 19.3 Å². The third-order valence-electron chi connectivity index (χ3n) is 2.60. The Balaban J connectivity index is 2.24. The van der Waals surface area contributed by atoms with Gasteiger partial charge in [-0.1, -0.05) is 30.3 Å². The molecule has 2 atom stereocenters. The summed E-state index contributed by atoms with van der Waals surface area (Å²) in [6.45, 7) is 1.25. The van der Waals surface area contributed by atoms with Gasteiger partial charge in [0.2, 0.25) is 5.79 Å². The second-order valence-electron chi connectivity index (χ2n) is 3.61.